The number of phenolic OH excluding ortho intramolecular Hbond substituents is 1. The van der Waals surface area contributed by atoms with Gasteiger partial charge in [-0.05, 0) is 17.7 Å². The van der Waals surface area contributed by atoms with E-state index in [1.165, 1.54) is 12.1 Å². The Morgan fingerprint density at radius 3 is 2.43 bits per heavy atom. The van der Waals surface area contributed by atoms with Crippen LogP contribution in [-0.4, -0.2) is 17.7 Å². The van der Waals surface area contributed by atoms with Crippen molar-refractivity contribution >= 4 is 23.1 Å². The van der Waals surface area contributed by atoms with E-state index in [1.807, 2.05) is 0 Å². The Morgan fingerprint density at radius 1 is 1.29 bits per heavy atom. The van der Waals surface area contributed by atoms with E-state index < -0.39 is 5.97 Å². The predicted molar refractivity (Wildman–Crippen MR) is 51.8 cm³/mol. The van der Waals surface area contributed by atoms with Crippen molar-refractivity contribution in [1.29, 1.82) is 0 Å². The van der Waals surface area contributed by atoms with E-state index in [1.54, 1.807) is 12.1 Å². The number of carbonyl (C=O) groups excluding carboxylic acids is 1. The normalized spacial score (nSPS) is 15.9. The summed E-state index contributed by atoms with van der Waals surface area (Å²) in [5, 5.41) is 9.19. The Labute approximate surface area is 85.6 Å². The topological polar surface area (TPSA) is 46.5 Å². The number of benzene rings is 1. The maximum absolute atomic E-state index is 11.0. The number of hydrogen-bond donors (Lipinski definition) is 1. The number of ether oxygens (including phenoxy) is 1. The lowest BCUT2D eigenvalue weighted by Crippen LogP contribution is -1.93. The molecule has 0 amide bonds. The average molecular weight is 211 g/mol. The molecule has 1 aromatic carbocycles. The number of phenols is 1. The van der Waals surface area contributed by atoms with E-state index in [9.17, 15) is 4.79 Å². The van der Waals surface area contributed by atoms with E-state index in [2.05, 4.69) is 0 Å². The molecule has 0 saturated heterocycles. The number of halogens is 1. The molecule has 4 heteroatoms. The largest absolute Gasteiger partial charge is 0.508 e. The molecule has 1 aliphatic rings. The van der Waals surface area contributed by atoms with Gasteiger partial charge in [0.25, 0.3) is 0 Å². The molecular formula is C10H7ClO3. The fourth-order valence-electron chi connectivity index (χ4n) is 1.26. The summed E-state index contributed by atoms with van der Waals surface area (Å²) in [6, 6.07) is 6.45. The van der Waals surface area contributed by atoms with Crippen molar-refractivity contribution < 1.29 is 14.6 Å². The van der Waals surface area contributed by atoms with Gasteiger partial charge in [0.05, 0.1) is 0 Å². The zero-order valence-electron chi connectivity index (χ0n) is 7.16. The van der Waals surface area contributed by atoms with Crippen molar-refractivity contribution in [2.24, 2.45) is 0 Å². The number of aromatic hydroxyl groups is 1. The molecule has 0 spiro atoms. The molecule has 72 valence electrons. The third kappa shape index (κ3) is 1.46. The predicted octanol–water partition coefficient (Wildman–Crippen LogP) is 1.90. The third-order valence-electron chi connectivity index (χ3n) is 2.01. The second-order valence-corrected chi connectivity index (χ2v) is 3.29. The van der Waals surface area contributed by atoms with Crippen molar-refractivity contribution in [2.75, 3.05) is 6.61 Å². The monoisotopic (exact) mass is 210 g/mol. The van der Waals surface area contributed by atoms with Crippen molar-refractivity contribution in [2.45, 2.75) is 0 Å². The van der Waals surface area contributed by atoms with Crippen LogP contribution in [0.1, 0.15) is 5.56 Å². The number of hydrogen-bond acceptors (Lipinski definition) is 3. The van der Waals surface area contributed by atoms with Crippen LogP contribution in [0.5, 0.6) is 5.75 Å². The Kier molecular flexibility index (Phi) is 2.17. The minimum absolute atomic E-state index is 0.121. The third-order valence-corrected chi connectivity index (χ3v) is 2.39. The molecule has 1 aliphatic heterocycles. The van der Waals surface area contributed by atoms with Crippen LogP contribution in [0.15, 0.2) is 29.3 Å². The van der Waals surface area contributed by atoms with E-state index in [4.69, 9.17) is 21.4 Å². The molecule has 0 radical (unpaired) electrons. The van der Waals surface area contributed by atoms with Crippen LogP contribution in [0.4, 0.5) is 0 Å². The quantitative estimate of drug-likeness (QED) is 0.721. The fraction of sp³-hybridized carbons (Fsp3) is 0.100. The lowest BCUT2D eigenvalue weighted by Gasteiger charge is -2.00. The molecule has 0 aliphatic carbocycles. The van der Waals surface area contributed by atoms with Crippen LogP contribution in [0.25, 0.3) is 5.57 Å². The average Bonchev–Trinajstić information content (AvgIpc) is 2.50. The number of rotatable bonds is 1. The molecule has 1 aromatic rings. The molecule has 1 N–H and O–H groups in total. The minimum atomic E-state index is -0.491. The molecule has 0 fully saturated rings. The maximum atomic E-state index is 11.0. The molecule has 0 unspecified atom stereocenters. The minimum Gasteiger partial charge on any atom is -0.508 e. The summed E-state index contributed by atoms with van der Waals surface area (Å²) in [5.41, 5.74) is 1.45. The number of esters is 1. The summed E-state index contributed by atoms with van der Waals surface area (Å²) in [7, 11) is 0. The molecule has 0 saturated carbocycles. The Bertz CT molecular complexity index is 406. The van der Waals surface area contributed by atoms with Gasteiger partial charge < -0.3 is 9.84 Å². The van der Waals surface area contributed by atoms with Gasteiger partial charge >= 0.3 is 5.97 Å². The summed E-state index contributed by atoms with van der Waals surface area (Å²) in [4.78, 5) is 11.0. The van der Waals surface area contributed by atoms with Gasteiger partial charge in [0, 0.05) is 5.57 Å². The van der Waals surface area contributed by atoms with Gasteiger partial charge in [-0.1, -0.05) is 23.7 Å². The number of carbonyl (C=O) groups is 1. The highest BCUT2D eigenvalue weighted by atomic mass is 35.5. The standard InChI is InChI=1S/C10H7ClO3/c11-9-8(5-14-10(9)13)6-1-3-7(12)4-2-6/h1-4,12H,5H2. The first kappa shape index (κ1) is 9.09. The van der Waals surface area contributed by atoms with Gasteiger partial charge in [0.1, 0.15) is 17.4 Å². The van der Waals surface area contributed by atoms with E-state index in [0.29, 0.717) is 5.57 Å². The van der Waals surface area contributed by atoms with Crippen LogP contribution in [0.2, 0.25) is 0 Å². The molecule has 2 rings (SSSR count). The smallest absolute Gasteiger partial charge is 0.350 e. The molecule has 0 bridgehead atoms. The molecule has 14 heavy (non-hydrogen) atoms. The van der Waals surface area contributed by atoms with Crippen molar-refractivity contribution in [3.05, 3.63) is 34.9 Å². The van der Waals surface area contributed by atoms with Gasteiger partial charge in [0.2, 0.25) is 0 Å². The Hall–Kier alpha value is -1.48. The summed E-state index contributed by atoms with van der Waals surface area (Å²) < 4.78 is 4.75. The van der Waals surface area contributed by atoms with Crippen LogP contribution in [0, 0.1) is 0 Å². The summed E-state index contributed by atoms with van der Waals surface area (Å²) in [6.07, 6.45) is 0. The summed E-state index contributed by atoms with van der Waals surface area (Å²) in [5.74, 6) is -0.314. The zero-order valence-corrected chi connectivity index (χ0v) is 7.91. The highest BCUT2D eigenvalue weighted by molar-refractivity contribution is 6.45. The Morgan fingerprint density at radius 2 is 1.93 bits per heavy atom. The van der Waals surface area contributed by atoms with E-state index in [-0.39, 0.29) is 17.4 Å². The van der Waals surface area contributed by atoms with Gasteiger partial charge in [-0.25, -0.2) is 4.79 Å². The lowest BCUT2D eigenvalue weighted by molar-refractivity contribution is -0.135. The van der Waals surface area contributed by atoms with Crippen molar-refractivity contribution in [3.63, 3.8) is 0 Å². The second kappa shape index (κ2) is 3.35. The SMILES string of the molecule is O=C1OCC(c2ccc(O)cc2)=C1Cl. The molecule has 3 nitrogen and oxygen atoms in total. The summed E-state index contributed by atoms with van der Waals surface area (Å²) >= 11 is 5.75. The van der Waals surface area contributed by atoms with Crippen LogP contribution in [-0.2, 0) is 9.53 Å². The zero-order chi connectivity index (χ0) is 10.1. The first-order chi connectivity index (χ1) is 6.68. The van der Waals surface area contributed by atoms with E-state index >= 15 is 0 Å². The van der Waals surface area contributed by atoms with Crippen LogP contribution < -0.4 is 0 Å². The van der Waals surface area contributed by atoms with Crippen LogP contribution in [0.3, 0.4) is 0 Å². The van der Waals surface area contributed by atoms with Gasteiger partial charge in [-0.2, -0.15) is 0 Å². The van der Waals surface area contributed by atoms with Crippen molar-refractivity contribution in [3.8, 4) is 5.75 Å². The second-order valence-electron chi connectivity index (χ2n) is 2.92. The van der Waals surface area contributed by atoms with Gasteiger partial charge in [0.15, 0.2) is 0 Å². The van der Waals surface area contributed by atoms with Gasteiger partial charge in [-0.15, -0.1) is 0 Å². The highest BCUT2D eigenvalue weighted by Crippen LogP contribution is 2.28. The Balaban J connectivity index is 2.41. The lowest BCUT2D eigenvalue weighted by atomic mass is 10.1. The van der Waals surface area contributed by atoms with Crippen molar-refractivity contribution in [1.82, 2.24) is 0 Å². The molecule has 0 aromatic heterocycles. The summed E-state index contributed by atoms with van der Waals surface area (Å²) in [6.45, 7) is 0.197. The fourth-order valence-corrected chi connectivity index (χ4v) is 1.48. The highest BCUT2D eigenvalue weighted by Gasteiger charge is 2.23. The first-order valence-electron chi connectivity index (χ1n) is 4.03. The molecule has 0 atom stereocenters. The maximum Gasteiger partial charge on any atom is 0.350 e. The molecular weight excluding hydrogens is 204 g/mol. The van der Waals surface area contributed by atoms with E-state index in [0.717, 1.165) is 5.56 Å². The van der Waals surface area contributed by atoms with Crippen LogP contribution >= 0.6 is 11.6 Å². The first-order valence-corrected chi connectivity index (χ1v) is 4.41. The van der Waals surface area contributed by atoms with Gasteiger partial charge in [-0.3, -0.25) is 0 Å². The number of cyclic esters (lactones) is 1. The molecule has 1 heterocycles.